The van der Waals surface area contributed by atoms with Crippen LogP contribution in [0.5, 0.6) is 0 Å². The zero-order chi connectivity index (χ0) is 19.5. The van der Waals surface area contributed by atoms with Gasteiger partial charge in [-0.1, -0.05) is 33.1 Å². The Morgan fingerprint density at radius 1 is 1.15 bits per heavy atom. The molecule has 2 amide bonds. The average Bonchev–Trinajstić information content (AvgIpc) is 2.80. The molecule has 0 radical (unpaired) electrons. The molecular formula is C21H32N2O3. The lowest BCUT2D eigenvalue weighted by Gasteiger charge is -2.34. The summed E-state index contributed by atoms with van der Waals surface area (Å²) in [6.07, 6.45) is 4.88. The number of carbonyl (C=O) groups is 2. The molecule has 1 aliphatic heterocycles. The van der Waals surface area contributed by atoms with Crippen molar-refractivity contribution in [2.45, 2.75) is 84.8 Å². The molecule has 144 valence electrons. The maximum Gasteiger partial charge on any atom is 0.412 e. The third-order valence-electron chi connectivity index (χ3n) is 4.78. The minimum atomic E-state index is -0.544. The first-order valence-electron chi connectivity index (χ1n) is 9.68. The molecule has 1 aliphatic carbocycles. The number of hydrogen-bond donors (Lipinski definition) is 2. The number of carbonyl (C=O) groups excluding carboxylic acids is 2. The number of aryl methyl sites for hydroxylation is 1. The Labute approximate surface area is 156 Å². The van der Waals surface area contributed by atoms with Gasteiger partial charge in [-0.05, 0) is 63.8 Å². The Hall–Kier alpha value is -2.04. The standard InChI is InChI=1S/C19H26N2O3.C2H6/c1-12-10-13(20-17(23)24-18(2,3)4)11-14-15(12)16(22)21-19(14)8-6-5-7-9-19;1-2/h10-11H,5-9H2,1-4H3,(H,20,23)(H,21,22);1-2H3. The summed E-state index contributed by atoms with van der Waals surface area (Å²) in [5.41, 5.74) is 2.56. The Morgan fingerprint density at radius 3 is 2.35 bits per heavy atom. The van der Waals surface area contributed by atoms with Crippen LogP contribution in [0.1, 0.15) is 88.2 Å². The summed E-state index contributed by atoms with van der Waals surface area (Å²) in [5.74, 6) is 0.00761. The first kappa shape index (κ1) is 20.3. The maximum atomic E-state index is 12.5. The van der Waals surface area contributed by atoms with Crippen molar-refractivity contribution >= 4 is 17.7 Å². The molecule has 1 saturated carbocycles. The van der Waals surface area contributed by atoms with Crippen molar-refractivity contribution in [3.63, 3.8) is 0 Å². The van der Waals surface area contributed by atoms with Crippen molar-refractivity contribution in [1.29, 1.82) is 0 Å². The van der Waals surface area contributed by atoms with Crippen molar-refractivity contribution in [3.05, 3.63) is 28.8 Å². The number of rotatable bonds is 1. The number of benzene rings is 1. The largest absolute Gasteiger partial charge is 0.444 e. The van der Waals surface area contributed by atoms with Gasteiger partial charge in [0.2, 0.25) is 0 Å². The van der Waals surface area contributed by atoms with Gasteiger partial charge in [0.15, 0.2) is 0 Å². The van der Waals surface area contributed by atoms with Crippen LogP contribution in [-0.2, 0) is 10.3 Å². The van der Waals surface area contributed by atoms with E-state index in [1.54, 1.807) is 0 Å². The van der Waals surface area contributed by atoms with Crippen LogP contribution in [0.4, 0.5) is 10.5 Å². The summed E-state index contributed by atoms with van der Waals surface area (Å²) >= 11 is 0. The molecule has 5 nitrogen and oxygen atoms in total. The van der Waals surface area contributed by atoms with Crippen molar-refractivity contribution in [2.24, 2.45) is 0 Å². The Kier molecular flexibility index (Phi) is 5.99. The highest BCUT2D eigenvalue weighted by molar-refractivity contribution is 6.02. The van der Waals surface area contributed by atoms with Gasteiger partial charge < -0.3 is 10.1 Å². The van der Waals surface area contributed by atoms with Gasteiger partial charge in [0.05, 0.1) is 5.54 Å². The van der Waals surface area contributed by atoms with Crippen LogP contribution < -0.4 is 10.6 Å². The lowest BCUT2D eigenvalue weighted by atomic mass is 9.77. The first-order chi connectivity index (χ1) is 12.2. The van der Waals surface area contributed by atoms with E-state index in [4.69, 9.17) is 4.74 Å². The van der Waals surface area contributed by atoms with E-state index in [-0.39, 0.29) is 11.4 Å². The van der Waals surface area contributed by atoms with Gasteiger partial charge in [-0.15, -0.1) is 0 Å². The Balaban J connectivity index is 0.00000117. The van der Waals surface area contributed by atoms with Gasteiger partial charge in [0.25, 0.3) is 5.91 Å². The third kappa shape index (κ3) is 4.19. The summed E-state index contributed by atoms with van der Waals surface area (Å²) in [4.78, 5) is 24.5. The summed E-state index contributed by atoms with van der Waals surface area (Å²) < 4.78 is 5.33. The van der Waals surface area contributed by atoms with E-state index >= 15 is 0 Å². The van der Waals surface area contributed by atoms with Crippen LogP contribution >= 0.6 is 0 Å². The summed E-state index contributed by atoms with van der Waals surface area (Å²) in [6.45, 7) is 11.4. The fourth-order valence-electron chi connectivity index (χ4n) is 3.86. The van der Waals surface area contributed by atoms with E-state index in [2.05, 4.69) is 10.6 Å². The molecule has 0 aromatic heterocycles. The van der Waals surface area contributed by atoms with E-state index < -0.39 is 11.7 Å². The number of hydrogen-bond acceptors (Lipinski definition) is 3. The predicted molar refractivity (Wildman–Crippen MR) is 105 cm³/mol. The molecule has 0 atom stereocenters. The average molecular weight is 360 g/mol. The van der Waals surface area contributed by atoms with E-state index in [9.17, 15) is 9.59 Å². The topological polar surface area (TPSA) is 67.4 Å². The van der Waals surface area contributed by atoms with Gasteiger partial charge in [0, 0.05) is 11.3 Å². The molecular weight excluding hydrogens is 328 g/mol. The minimum Gasteiger partial charge on any atom is -0.444 e. The van der Waals surface area contributed by atoms with Crippen molar-refractivity contribution in [1.82, 2.24) is 5.32 Å². The zero-order valence-electron chi connectivity index (χ0n) is 16.9. The monoisotopic (exact) mass is 360 g/mol. The smallest absolute Gasteiger partial charge is 0.412 e. The molecule has 3 rings (SSSR count). The fraction of sp³-hybridized carbons (Fsp3) is 0.619. The van der Waals surface area contributed by atoms with Crippen molar-refractivity contribution in [3.8, 4) is 0 Å². The highest BCUT2D eigenvalue weighted by atomic mass is 16.6. The van der Waals surface area contributed by atoms with Crippen LogP contribution in [0.2, 0.25) is 0 Å². The summed E-state index contributed by atoms with van der Waals surface area (Å²) in [7, 11) is 0. The second kappa shape index (κ2) is 7.68. The summed E-state index contributed by atoms with van der Waals surface area (Å²) in [6, 6.07) is 3.78. The maximum absolute atomic E-state index is 12.5. The second-order valence-electron chi connectivity index (χ2n) is 7.94. The molecule has 0 bridgehead atoms. The SMILES string of the molecule is CC.Cc1cc(NC(=O)OC(C)(C)C)cc2c1C(=O)NC21CCCCC1. The van der Waals surface area contributed by atoms with Crippen LogP contribution in [0.3, 0.4) is 0 Å². The highest BCUT2D eigenvalue weighted by Gasteiger charge is 2.44. The lowest BCUT2D eigenvalue weighted by Crippen LogP contribution is -2.40. The third-order valence-corrected chi connectivity index (χ3v) is 4.78. The van der Waals surface area contributed by atoms with Crippen LogP contribution in [0.15, 0.2) is 12.1 Å². The molecule has 26 heavy (non-hydrogen) atoms. The molecule has 2 N–H and O–H groups in total. The van der Waals surface area contributed by atoms with Gasteiger partial charge >= 0.3 is 6.09 Å². The van der Waals surface area contributed by atoms with E-state index in [0.717, 1.165) is 42.4 Å². The van der Waals surface area contributed by atoms with E-state index in [1.807, 2.05) is 53.7 Å². The van der Waals surface area contributed by atoms with Gasteiger partial charge in [0.1, 0.15) is 5.60 Å². The van der Waals surface area contributed by atoms with Crippen molar-refractivity contribution in [2.75, 3.05) is 5.32 Å². The highest BCUT2D eigenvalue weighted by Crippen LogP contribution is 2.44. The molecule has 2 aliphatic rings. The predicted octanol–water partition coefficient (Wildman–Crippen LogP) is 5.27. The minimum absolute atomic E-state index is 0.00761. The summed E-state index contributed by atoms with van der Waals surface area (Å²) in [5, 5.41) is 6.02. The number of ether oxygens (including phenoxy) is 1. The van der Waals surface area contributed by atoms with Gasteiger partial charge in [-0.25, -0.2) is 4.79 Å². The van der Waals surface area contributed by atoms with Gasteiger partial charge in [-0.2, -0.15) is 0 Å². The first-order valence-corrected chi connectivity index (χ1v) is 9.68. The molecule has 1 heterocycles. The van der Waals surface area contributed by atoms with E-state index in [1.165, 1.54) is 6.42 Å². The number of nitrogens with one attached hydrogen (secondary N) is 2. The fourth-order valence-corrected chi connectivity index (χ4v) is 3.86. The van der Waals surface area contributed by atoms with Crippen LogP contribution in [-0.4, -0.2) is 17.6 Å². The van der Waals surface area contributed by atoms with E-state index in [0.29, 0.717) is 5.69 Å². The van der Waals surface area contributed by atoms with Gasteiger partial charge in [-0.3, -0.25) is 10.1 Å². The Bertz CT molecular complexity index is 683. The van der Waals surface area contributed by atoms with Crippen LogP contribution in [0, 0.1) is 6.92 Å². The number of anilines is 1. The lowest BCUT2D eigenvalue weighted by molar-refractivity contribution is 0.0635. The molecule has 5 heteroatoms. The number of fused-ring (bicyclic) bond motifs is 2. The normalized spacial score (nSPS) is 17.7. The van der Waals surface area contributed by atoms with Crippen molar-refractivity contribution < 1.29 is 14.3 Å². The second-order valence-corrected chi connectivity index (χ2v) is 7.94. The van der Waals surface area contributed by atoms with Crippen LogP contribution in [0.25, 0.3) is 0 Å². The molecule has 1 spiro atoms. The zero-order valence-corrected chi connectivity index (χ0v) is 16.9. The molecule has 1 aromatic carbocycles. The molecule has 1 aromatic rings. The molecule has 0 unspecified atom stereocenters. The quantitative estimate of drug-likeness (QED) is 0.717. The number of amides is 2. The molecule has 1 fully saturated rings. The Morgan fingerprint density at radius 2 is 1.77 bits per heavy atom. The molecule has 0 saturated heterocycles.